The van der Waals surface area contributed by atoms with E-state index in [4.69, 9.17) is 16.3 Å². The molecule has 0 bridgehead atoms. The van der Waals surface area contributed by atoms with E-state index in [0.717, 1.165) is 12.0 Å². The highest BCUT2D eigenvalue weighted by Crippen LogP contribution is 2.25. The van der Waals surface area contributed by atoms with Crippen molar-refractivity contribution in [3.8, 4) is 5.88 Å². The molecule has 0 N–H and O–H groups in total. The second-order valence-electron chi connectivity index (χ2n) is 2.54. The summed E-state index contributed by atoms with van der Waals surface area (Å²) in [6.45, 7) is 3.29. The lowest BCUT2D eigenvalue weighted by molar-refractivity contribution is -0.132. The molecule has 13 heavy (non-hydrogen) atoms. The number of hydrogen-bond donors (Lipinski definition) is 0. The van der Waals surface area contributed by atoms with E-state index in [1.807, 2.05) is 6.92 Å². The molecule has 0 aromatic carbocycles. The summed E-state index contributed by atoms with van der Waals surface area (Å²) in [5.74, 6) is -0.226. The van der Waals surface area contributed by atoms with Gasteiger partial charge in [0, 0.05) is 13.1 Å². The lowest BCUT2D eigenvalue weighted by Gasteiger charge is -2.05. The van der Waals surface area contributed by atoms with Crippen LogP contribution in [0.1, 0.15) is 19.4 Å². The summed E-state index contributed by atoms with van der Waals surface area (Å²) in [6.07, 6.45) is 2.36. The van der Waals surface area contributed by atoms with E-state index in [1.54, 1.807) is 12.3 Å². The number of halogens is 1. The van der Waals surface area contributed by atoms with Crippen LogP contribution in [0.2, 0.25) is 5.02 Å². The fourth-order valence-corrected chi connectivity index (χ4v) is 1.23. The zero-order valence-corrected chi connectivity index (χ0v) is 8.26. The first kappa shape index (κ1) is 9.99. The monoisotopic (exact) mass is 199 g/mol. The summed E-state index contributed by atoms with van der Waals surface area (Å²) in [7, 11) is 0. The van der Waals surface area contributed by atoms with Crippen LogP contribution in [-0.4, -0.2) is 11.0 Å². The van der Waals surface area contributed by atoms with Crippen LogP contribution in [0.15, 0.2) is 12.3 Å². The first-order valence-electron chi connectivity index (χ1n) is 3.97. The Morgan fingerprint density at radius 1 is 1.69 bits per heavy atom. The Kier molecular flexibility index (Phi) is 3.25. The lowest BCUT2D eigenvalue weighted by atomic mass is 10.2. The zero-order chi connectivity index (χ0) is 9.84. The molecule has 1 rings (SSSR count). The molecule has 0 aliphatic heterocycles. The Morgan fingerprint density at radius 2 is 2.38 bits per heavy atom. The van der Waals surface area contributed by atoms with Gasteiger partial charge in [0.2, 0.25) is 5.88 Å². The number of ether oxygens (including phenoxy) is 1. The number of carbonyl (C=O) groups is 1. The molecule has 0 unspecified atom stereocenters. The lowest BCUT2D eigenvalue weighted by Crippen LogP contribution is -2.04. The summed E-state index contributed by atoms with van der Waals surface area (Å²) in [5.41, 5.74) is 0.924. The highest BCUT2D eigenvalue weighted by molar-refractivity contribution is 6.32. The third kappa shape index (κ3) is 2.42. The summed E-state index contributed by atoms with van der Waals surface area (Å²) in [4.78, 5) is 14.5. The van der Waals surface area contributed by atoms with Gasteiger partial charge in [-0.3, -0.25) is 4.79 Å². The van der Waals surface area contributed by atoms with Crippen molar-refractivity contribution in [3.05, 3.63) is 22.8 Å². The quantitative estimate of drug-likeness (QED) is 0.686. The predicted octanol–water partition coefficient (Wildman–Crippen LogP) is 2.22. The summed E-state index contributed by atoms with van der Waals surface area (Å²) in [6, 6.07) is 1.80. The maximum absolute atomic E-state index is 10.6. The molecule has 0 fully saturated rings. The number of rotatable bonds is 2. The van der Waals surface area contributed by atoms with Gasteiger partial charge in [-0.2, -0.15) is 0 Å². The van der Waals surface area contributed by atoms with E-state index in [-0.39, 0.29) is 5.88 Å². The van der Waals surface area contributed by atoms with Gasteiger partial charge in [0.25, 0.3) is 0 Å². The van der Waals surface area contributed by atoms with Crippen LogP contribution in [0.3, 0.4) is 0 Å². The standard InChI is InChI=1S/C9H10ClNO2/c1-3-7-4-5-11-9(8(7)10)13-6(2)12/h4-5H,3H2,1-2H3. The largest absolute Gasteiger partial charge is 0.406 e. The Bertz CT molecular complexity index is 325. The van der Waals surface area contributed by atoms with E-state index in [1.165, 1.54) is 6.92 Å². The van der Waals surface area contributed by atoms with E-state index in [0.29, 0.717) is 5.02 Å². The minimum atomic E-state index is -0.414. The molecule has 0 spiro atoms. The normalized spacial score (nSPS) is 9.77. The Hall–Kier alpha value is -1.09. The van der Waals surface area contributed by atoms with Gasteiger partial charge in [0.05, 0.1) is 0 Å². The van der Waals surface area contributed by atoms with Crippen molar-refractivity contribution in [1.82, 2.24) is 4.98 Å². The molecule has 1 heterocycles. The average molecular weight is 200 g/mol. The molecule has 0 amide bonds. The van der Waals surface area contributed by atoms with Gasteiger partial charge in [-0.15, -0.1) is 0 Å². The molecule has 1 aromatic rings. The number of carbonyl (C=O) groups excluding carboxylic acids is 1. The average Bonchev–Trinajstić information content (AvgIpc) is 2.08. The highest BCUT2D eigenvalue weighted by Gasteiger charge is 2.08. The Balaban J connectivity index is 3.01. The number of aromatic nitrogens is 1. The van der Waals surface area contributed by atoms with Crippen LogP contribution in [0.25, 0.3) is 0 Å². The fraction of sp³-hybridized carbons (Fsp3) is 0.333. The summed E-state index contributed by atoms with van der Waals surface area (Å²) >= 11 is 5.91. The van der Waals surface area contributed by atoms with Gasteiger partial charge in [0.1, 0.15) is 5.02 Å². The molecule has 0 radical (unpaired) electrons. The van der Waals surface area contributed by atoms with E-state index in [9.17, 15) is 4.79 Å². The zero-order valence-electron chi connectivity index (χ0n) is 7.50. The Labute approximate surface area is 81.7 Å². The fourth-order valence-electron chi connectivity index (χ4n) is 0.942. The number of hydrogen-bond acceptors (Lipinski definition) is 3. The first-order chi connectivity index (χ1) is 6.15. The highest BCUT2D eigenvalue weighted by atomic mass is 35.5. The smallest absolute Gasteiger partial charge is 0.309 e. The molecule has 1 aromatic heterocycles. The van der Waals surface area contributed by atoms with Crippen molar-refractivity contribution in [2.75, 3.05) is 0 Å². The number of pyridine rings is 1. The van der Waals surface area contributed by atoms with Gasteiger partial charge in [0.15, 0.2) is 0 Å². The summed E-state index contributed by atoms with van der Waals surface area (Å²) < 4.78 is 4.81. The molecule has 0 aliphatic rings. The van der Waals surface area contributed by atoms with Crippen LogP contribution in [-0.2, 0) is 11.2 Å². The maximum Gasteiger partial charge on any atom is 0.309 e. The second kappa shape index (κ2) is 4.23. The molecule has 0 atom stereocenters. The van der Waals surface area contributed by atoms with Crippen molar-refractivity contribution in [1.29, 1.82) is 0 Å². The van der Waals surface area contributed by atoms with Crippen molar-refractivity contribution >= 4 is 17.6 Å². The van der Waals surface area contributed by atoms with E-state index < -0.39 is 5.97 Å². The minimum Gasteiger partial charge on any atom is -0.406 e. The minimum absolute atomic E-state index is 0.188. The van der Waals surface area contributed by atoms with Gasteiger partial charge >= 0.3 is 5.97 Å². The van der Waals surface area contributed by atoms with Crippen molar-refractivity contribution in [3.63, 3.8) is 0 Å². The predicted molar refractivity (Wildman–Crippen MR) is 49.9 cm³/mol. The van der Waals surface area contributed by atoms with Crippen molar-refractivity contribution < 1.29 is 9.53 Å². The van der Waals surface area contributed by atoms with E-state index in [2.05, 4.69) is 4.98 Å². The van der Waals surface area contributed by atoms with E-state index >= 15 is 0 Å². The molecular formula is C9H10ClNO2. The van der Waals surface area contributed by atoms with Gasteiger partial charge in [-0.1, -0.05) is 18.5 Å². The van der Waals surface area contributed by atoms with Gasteiger partial charge in [-0.05, 0) is 18.1 Å². The first-order valence-corrected chi connectivity index (χ1v) is 4.34. The topological polar surface area (TPSA) is 39.2 Å². The SMILES string of the molecule is CCc1ccnc(OC(C)=O)c1Cl. The third-order valence-electron chi connectivity index (χ3n) is 1.56. The summed E-state index contributed by atoms with van der Waals surface area (Å²) in [5, 5.41) is 0.417. The van der Waals surface area contributed by atoms with Crippen molar-refractivity contribution in [2.24, 2.45) is 0 Å². The van der Waals surface area contributed by atoms with Crippen LogP contribution in [0.5, 0.6) is 5.88 Å². The van der Waals surface area contributed by atoms with Gasteiger partial charge < -0.3 is 4.74 Å². The van der Waals surface area contributed by atoms with Crippen molar-refractivity contribution in [2.45, 2.75) is 20.3 Å². The van der Waals surface area contributed by atoms with Crippen LogP contribution in [0.4, 0.5) is 0 Å². The van der Waals surface area contributed by atoms with Gasteiger partial charge in [-0.25, -0.2) is 4.98 Å². The molecular weight excluding hydrogens is 190 g/mol. The number of nitrogens with zero attached hydrogens (tertiary/aromatic N) is 1. The number of esters is 1. The molecule has 0 saturated carbocycles. The molecule has 3 nitrogen and oxygen atoms in total. The van der Waals surface area contributed by atoms with Crippen LogP contribution >= 0.6 is 11.6 Å². The Morgan fingerprint density at radius 3 is 2.92 bits per heavy atom. The molecule has 0 aliphatic carbocycles. The third-order valence-corrected chi connectivity index (χ3v) is 1.96. The maximum atomic E-state index is 10.6. The van der Waals surface area contributed by atoms with Crippen LogP contribution in [0, 0.1) is 0 Å². The van der Waals surface area contributed by atoms with Crippen LogP contribution < -0.4 is 4.74 Å². The second-order valence-corrected chi connectivity index (χ2v) is 2.91. The molecule has 4 heteroatoms. The number of aryl methyl sites for hydroxylation is 1. The molecule has 70 valence electrons. The molecule has 0 saturated heterocycles.